The first-order chi connectivity index (χ1) is 13.8. The van der Waals surface area contributed by atoms with E-state index in [0.29, 0.717) is 11.2 Å². The molecular weight excluding hydrogens is 372 g/mol. The molecule has 0 heterocycles. The zero-order chi connectivity index (χ0) is 21.4. The van der Waals surface area contributed by atoms with Crippen LogP contribution in [0.5, 0.6) is 0 Å². The Morgan fingerprint density at radius 2 is 1.55 bits per heavy atom. The van der Waals surface area contributed by atoms with Crippen LogP contribution in [0.4, 0.5) is 4.79 Å². The first-order valence-corrected chi connectivity index (χ1v) is 9.26. The van der Waals surface area contributed by atoms with Crippen molar-refractivity contribution >= 4 is 24.2 Å². The van der Waals surface area contributed by atoms with Crippen LogP contribution in [0.1, 0.15) is 29.8 Å². The van der Waals surface area contributed by atoms with Crippen LogP contribution in [0.2, 0.25) is 0 Å². The summed E-state index contributed by atoms with van der Waals surface area (Å²) >= 11 is 0. The van der Waals surface area contributed by atoms with E-state index in [0.717, 1.165) is 5.56 Å². The molecule has 2 aromatic carbocycles. The van der Waals surface area contributed by atoms with Crippen LogP contribution in [-0.2, 0) is 16.0 Å². The van der Waals surface area contributed by atoms with Gasteiger partial charge in [0.15, 0.2) is 0 Å². The minimum absolute atomic E-state index is 0.157. The van der Waals surface area contributed by atoms with E-state index < -0.39 is 35.9 Å². The third-order valence-corrected chi connectivity index (χ3v) is 4.41. The fourth-order valence-electron chi connectivity index (χ4n) is 3.04. The quantitative estimate of drug-likeness (QED) is 0.668. The lowest BCUT2D eigenvalue weighted by atomic mass is 9.99. The lowest BCUT2D eigenvalue weighted by molar-refractivity contribution is -0.128. The van der Waals surface area contributed by atoms with Crippen molar-refractivity contribution in [3.05, 3.63) is 71.8 Å². The first kappa shape index (κ1) is 21.8. The maximum atomic E-state index is 12.9. The number of imide groups is 1. The molecule has 7 nitrogen and oxygen atoms in total. The normalized spacial score (nSPS) is 12.7. The number of carbonyl (C=O) groups is 4. The van der Waals surface area contributed by atoms with Crippen LogP contribution in [0.15, 0.2) is 60.7 Å². The van der Waals surface area contributed by atoms with Crippen molar-refractivity contribution in [3.63, 3.8) is 0 Å². The summed E-state index contributed by atoms with van der Waals surface area (Å²) < 4.78 is 0. The molecule has 0 fully saturated rings. The highest BCUT2D eigenvalue weighted by atomic mass is 16.4. The Morgan fingerprint density at radius 3 is 2.03 bits per heavy atom. The van der Waals surface area contributed by atoms with Gasteiger partial charge in [0.25, 0.3) is 5.91 Å². The maximum Gasteiger partial charge on any atom is 0.415 e. The van der Waals surface area contributed by atoms with Gasteiger partial charge in [0.2, 0.25) is 5.91 Å². The second-order valence-electron chi connectivity index (χ2n) is 6.95. The number of nitrogens with one attached hydrogen (secondary N) is 1. The second-order valence-corrected chi connectivity index (χ2v) is 6.95. The second kappa shape index (κ2) is 10.2. The Labute approximate surface area is 169 Å². The summed E-state index contributed by atoms with van der Waals surface area (Å²) in [5, 5.41) is 12.2. The van der Waals surface area contributed by atoms with Crippen molar-refractivity contribution in [2.24, 2.45) is 5.92 Å². The summed E-state index contributed by atoms with van der Waals surface area (Å²) in [6.07, 6.45) is -0.661. The molecule has 2 rings (SSSR count). The number of hydrogen-bond donors (Lipinski definition) is 2. The summed E-state index contributed by atoms with van der Waals surface area (Å²) in [7, 11) is 0. The number of rotatable bonds is 8. The molecule has 0 aliphatic heterocycles. The molecule has 2 N–H and O–H groups in total. The highest BCUT2D eigenvalue weighted by molar-refractivity contribution is 6.06. The van der Waals surface area contributed by atoms with E-state index in [2.05, 4.69) is 5.32 Å². The van der Waals surface area contributed by atoms with Gasteiger partial charge in [0, 0.05) is 5.56 Å². The molecule has 0 saturated heterocycles. The molecule has 0 unspecified atom stereocenters. The average Bonchev–Trinajstić information content (AvgIpc) is 2.71. The first-order valence-electron chi connectivity index (χ1n) is 9.26. The number of carbonyl (C=O) groups excluding carboxylic acids is 3. The third kappa shape index (κ3) is 5.75. The van der Waals surface area contributed by atoms with Gasteiger partial charge in [-0.25, -0.2) is 9.69 Å². The molecule has 2 aromatic rings. The molecule has 0 spiro atoms. The zero-order valence-electron chi connectivity index (χ0n) is 16.3. The van der Waals surface area contributed by atoms with E-state index >= 15 is 0 Å². The van der Waals surface area contributed by atoms with Gasteiger partial charge in [-0.3, -0.25) is 9.59 Å². The molecule has 3 amide bonds. The molecule has 0 aliphatic carbocycles. The highest BCUT2D eigenvalue weighted by Crippen LogP contribution is 2.16. The SMILES string of the molecule is CC(C)[C@@H](C(=O)N[C@H](C=O)Cc1ccccc1)N(C(=O)O)C(=O)c1ccccc1. The summed E-state index contributed by atoms with van der Waals surface area (Å²) in [6.45, 7) is 3.29. The predicted octanol–water partition coefficient (Wildman–Crippen LogP) is 2.76. The van der Waals surface area contributed by atoms with Crippen molar-refractivity contribution in [2.75, 3.05) is 0 Å². The molecule has 0 saturated carbocycles. The Balaban J connectivity index is 2.24. The average molecular weight is 396 g/mol. The van der Waals surface area contributed by atoms with Crippen molar-refractivity contribution in [1.29, 1.82) is 0 Å². The van der Waals surface area contributed by atoms with Crippen LogP contribution >= 0.6 is 0 Å². The standard InChI is InChI=1S/C22H24N2O5/c1-15(2)19(24(22(28)29)21(27)17-11-7-4-8-12-17)20(26)23-18(14-25)13-16-9-5-3-6-10-16/h3-12,14-15,18-19H,13H2,1-2H3,(H,23,26)(H,28,29)/t18-,19-/m0/s1. The van der Waals surface area contributed by atoms with E-state index in [1.54, 1.807) is 32.0 Å². The van der Waals surface area contributed by atoms with Gasteiger partial charge >= 0.3 is 6.09 Å². The van der Waals surface area contributed by atoms with Gasteiger partial charge in [0.05, 0.1) is 6.04 Å². The lowest BCUT2D eigenvalue weighted by Crippen LogP contribution is -2.56. The monoisotopic (exact) mass is 396 g/mol. The number of amides is 3. The molecule has 0 radical (unpaired) electrons. The van der Waals surface area contributed by atoms with Crippen LogP contribution in [0, 0.1) is 5.92 Å². The van der Waals surface area contributed by atoms with E-state index in [4.69, 9.17) is 0 Å². The largest absolute Gasteiger partial charge is 0.465 e. The maximum absolute atomic E-state index is 12.9. The lowest BCUT2D eigenvalue weighted by Gasteiger charge is -2.30. The molecule has 29 heavy (non-hydrogen) atoms. The van der Waals surface area contributed by atoms with Crippen molar-refractivity contribution in [2.45, 2.75) is 32.4 Å². The van der Waals surface area contributed by atoms with Crippen molar-refractivity contribution < 1.29 is 24.3 Å². The Kier molecular flexibility index (Phi) is 7.65. The predicted molar refractivity (Wildman–Crippen MR) is 107 cm³/mol. The number of nitrogens with zero attached hydrogens (tertiary/aromatic N) is 1. The number of carboxylic acid groups (broad SMARTS) is 1. The van der Waals surface area contributed by atoms with Crippen LogP contribution < -0.4 is 5.32 Å². The molecule has 0 aromatic heterocycles. The summed E-state index contributed by atoms with van der Waals surface area (Å²) in [4.78, 5) is 49.6. The van der Waals surface area contributed by atoms with E-state index in [1.165, 1.54) is 12.1 Å². The molecule has 0 bridgehead atoms. The molecular formula is C22H24N2O5. The smallest absolute Gasteiger partial charge is 0.415 e. The fourth-order valence-corrected chi connectivity index (χ4v) is 3.04. The molecule has 2 atom stereocenters. The number of hydrogen-bond acceptors (Lipinski definition) is 4. The van der Waals surface area contributed by atoms with Crippen molar-refractivity contribution in [3.8, 4) is 0 Å². The van der Waals surface area contributed by atoms with E-state index in [9.17, 15) is 24.3 Å². The zero-order valence-corrected chi connectivity index (χ0v) is 16.3. The molecule has 0 aliphatic rings. The third-order valence-electron chi connectivity index (χ3n) is 4.41. The fraction of sp³-hybridized carbons (Fsp3) is 0.273. The minimum atomic E-state index is -1.53. The topological polar surface area (TPSA) is 104 Å². The van der Waals surface area contributed by atoms with Gasteiger partial charge in [-0.15, -0.1) is 0 Å². The van der Waals surface area contributed by atoms with Crippen LogP contribution in [0.3, 0.4) is 0 Å². The summed E-state index contributed by atoms with van der Waals surface area (Å²) in [6, 6.07) is 14.9. The summed E-state index contributed by atoms with van der Waals surface area (Å²) in [5.74, 6) is -1.99. The Morgan fingerprint density at radius 1 is 1.00 bits per heavy atom. The summed E-state index contributed by atoms with van der Waals surface area (Å²) in [5.41, 5.74) is 1.01. The number of aldehydes is 1. The highest BCUT2D eigenvalue weighted by Gasteiger charge is 2.38. The Hall–Kier alpha value is -3.48. The Bertz CT molecular complexity index is 852. The van der Waals surface area contributed by atoms with Gasteiger partial charge in [0.1, 0.15) is 12.3 Å². The van der Waals surface area contributed by atoms with Crippen molar-refractivity contribution in [1.82, 2.24) is 10.2 Å². The van der Waals surface area contributed by atoms with Gasteiger partial charge in [-0.2, -0.15) is 0 Å². The number of benzene rings is 2. The van der Waals surface area contributed by atoms with Gasteiger partial charge < -0.3 is 15.2 Å². The molecule has 7 heteroatoms. The van der Waals surface area contributed by atoms with E-state index in [1.807, 2.05) is 30.3 Å². The van der Waals surface area contributed by atoms with Gasteiger partial charge in [-0.1, -0.05) is 62.4 Å². The van der Waals surface area contributed by atoms with Crippen LogP contribution in [0.25, 0.3) is 0 Å². The van der Waals surface area contributed by atoms with Crippen LogP contribution in [-0.4, -0.2) is 46.3 Å². The minimum Gasteiger partial charge on any atom is -0.465 e. The van der Waals surface area contributed by atoms with E-state index in [-0.39, 0.29) is 12.0 Å². The molecule has 152 valence electrons. The van der Waals surface area contributed by atoms with Gasteiger partial charge in [-0.05, 0) is 30.0 Å².